The molecule has 6 heteroatoms. The van der Waals surface area contributed by atoms with Gasteiger partial charge in [0.25, 0.3) is 0 Å². The molecule has 2 N–H and O–H groups in total. The molecule has 2 atom stereocenters. The van der Waals surface area contributed by atoms with Crippen molar-refractivity contribution >= 4 is 23.4 Å². The molecule has 2 aliphatic rings. The van der Waals surface area contributed by atoms with Gasteiger partial charge in [-0.25, -0.2) is 9.18 Å². The van der Waals surface area contributed by atoms with Gasteiger partial charge in [-0.2, -0.15) is 0 Å². The van der Waals surface area contributed by atoms with Crippen molar-refractivity contribution in [2.75, 3.05) is 11.9 Å². The summed E-state index contributed by atoms with van der Waals surface area (Å²) in [5.41, 5.74) is -0.196. The van der Waals surface area contributed by atoms with Gasteiger partial charge in [-0.05, 0) is 38.4 Å². The summed E-state index contributed by atoms with van der Waals surface area (Å²) in [6.45, 7) is 2.72. The third-order valence-electron chi connectivity index (χ3n) is 3.90. The Kier molecular flexibility index (Phi) is 2.91. The molecular formula is C13H14ClFN2O2. The minimum Gasteiger partial charge on any atom is -0.436 e. The molecule has 102 valence electrons. The van der Waals surface area contributed by atoms with Crippen LogP contribution < -0.4 is 10.6 Å². The predicted molar refractivity (Wildman–Crippen MR) is 69.9 cm³/mol. The molecule has 2 heterocycles. The van der Waals surface area contributed by atoms with E-state index in [0.29, 0.717) is 17.7 Å². The molecular weight excluding hydrogens is 271 g/mol. The highest BCUT2D eigenvalue weighted by Crippen LogP contribution is 2.46. The smallest absolute Gasteiger partial charge is 0.412 e. The van der Waals surface area contributed by atoms with Crippen LogP contribution in [0.2, 0.25) is 5.02 Å². The molecule has 1 saturated heterocycles. The van der Waals surface area contributed by atoms with Crippen LogP contribution in [-0.2, 0) is 10.3 Å². The van der Waals surface area contributed by atoms with Gasteiger partial charge < -0.3 is 10.1 Å². The number of amides is 1. The Balaban J connectivity index is 2.23. The average Bonchev–Trinajstić information content (AvgIpc) is 2.37. The number of hydrogen-bond acceptors (Lipinski definition) is 3. The van der Waals surface area contributed by atoms with Crippen LogP contribution in [0.15, 0.2) is 12.1 Å². The summed E-state index contributed by atoms with van der Waals surface area (Å²) in [4.78, 5) is 11.7. The minimum absolute atomic E-state index is 0.0376. The first kappa shape index (κ1) is 12.7. The van der Waals surface area contributed by atoms with Gasteiger partial charge in [-0.1, -0.05) is 11.6 Å². The summed E-state index contributed by atoms with van der Waals surface area (Å²) in [6.07, 6.45) is 0.840. The Labute approximate surface area is 115 Å². The maximum absolute atomic E-state index is 14.4. The normalized spacial score (nSPS) is 29.6. The molecule has 0 aromatic heterocycles. The van der Waals surface area contributed by atoms with E-state index in [1.54, 1.807) is 6.07 Å². The van der Waals surface area contributed by atoms with Gasteiger partial charge in [0.15, 0.2) is 11.4 Å². The Morgan fingerprint density at radius 2 is 2.32 bits per heavy atom. The number of rotatable bonds is 0. The van der Waals surface area contributed by atoms with Crippen molar-refractivity contribution in [3.8, 4) is 0 Å². The first-order valence-corrected chi connectivity index (χ1v) is 6.64. The molecule has 19 heavy (non-hydrogen) atoms. The molecule has 3 rings (SSSR count). The maximum atomic E-state index is 14.4. The second kappa shape index (κ2) is 4.35. The van der Waals surface area contributed by atoms with Crippen molar-refractivity contribution in [2.45, 2.75) is 31.4 Å². The number of anilines is 1. The molecule has 0 saturated carbocycles. The average molecular weight is 285 g/mol. The van der Waals surface area contributed by atoms with Gasteiger partial charge in [0.05, 0.1) is 16.3 Å². The van der Waals surface area contributed by atoms with Gasteiger partial charge in [0, 0.05) is 6.04 Å². The lowest BCUT2D eigenvalue weighted by Crippen LogP contribution is -2.56. The lowest BCUT2D eigenvalue weighted by molar-refractivity contribution is -0.0385. The Bertz CT molecular complexity index is 552. The molecule has 1 aromatic rings. The van der Waals surface area contributed by atoms with Crippen LogP contribution >= 0.6 is 11.6 Å². The van der Waals surface area contributed by atoms with E-state index in [-0.39, 0.29) is 11.1 Å². The standard InChI is InChI=1S/C13H14ClFN2O2/c1-7-13(5-2-6-16-7)10-9(17-12(18)19-13)4-3-8(14)11(10)15/h3-4,7,16H,2,5-6H2,1H3,(H,17,18). The van der Waals surface area contributed by atoms with Crippen LogP contribution in [0.4, 0.5) is 14.9 Å². The highest BCUT2D eigenvalue weighted by Gasteiger charge is 2.49. The van der Waals surface area contributed by atoms with Crippen LogP contribution in [0.5, 0.6) is 0 Å². The number of ether oxygens (including phenoxy) is 1. The fourth-order valence-corrected chi connectivity index (χ4v) is 3.11. The maximum Gasteiger partial charge on any atom is 0.412 e. The number of fused-ring (bicyclic) bond motifs is 2. The van der Waals surface area contributed by atoms with Crippen molar-refractivity contribution in [3.05, 3.63) is 28.5 Å². The summed E-state index contributed by atoms with van der Waals surface area (Å²) in [6, 6.07) is 2.89. The molecule has 0 radical (unpaired) electrons. The molecule has 1 amide bonds. The summed E-state index contributed by atoms with van der Waals surface area (Å²) in [7, 11) is 0. The summed E-state index contributed by atoms with van der Waals surface area (Å²) >= 11 is 5.87. The van der Waals surface area contributed by atoms with Gasteiger partial charge in [0.2, 0.25) is 0 Å². The van der Waals surface area contributed by atoms with E-state index >= 15 is 0 Å². The third-order valence-corrected chi connectivity index (χ3v) is 4.20. The van der Waals surface area contributed by atoms with E-state index < -0.39 is 17.5 Å². The van der Waals surface area contributed by atoms with Crippen molar-refractivity contribution in [1.82, 2.24) is 5.32 Å². The Hall–Kier alpha value is -1.33. The Morgan fingerprint density at radius 1 is 1.53 bits per heavy atom. The van der Waals surface area contributed by atoms with Crippen LogP contribution in [0.25, 0.3) is 0 Å². The second-order valence-electron chi connectivity index (χ2n) is 4.97. The van der Waals surface area contributed by atoms with Crippen LogP contribution in [0.3, 0.4) is 0 Å². The topological polar surface area (TPSA) is 50.4 Å². The predicted octanol–water partition coefficient (Wildman–Crippen LogP) is 3.01. The second-order valence-corrected chi connectivity index (χ2v) is 5.37. The number of carbonyl (C=O) groups excluding carboxylic acids is 1. The monoisotopic (exact) mass is 284 g/mol. The fraction of sp³-hybridized carbons (Fsp3) is 0.462. The molecule has 1 fully saturated rings. The first-order chi connectivity index (χ1) is 9.04. The number of benzene rings is 1. The molecule has 4 nitrogen and oxygen atoms in total. The minimum atomic E-state index is -0.981. The molecule has 2 unspecified atom stereocenters. The third kappa shape index (κ3) is 1.80. The molecule has 1 aromatic carbocycles. The summed E-state index contributed by atoms with van der Waals surface area (Å²) in [5.74, 6) is -0.519. The van der Waals surface area contributed by atoms with Crippen molar-refractivity contribution in [2.24, 2.45) is 0 Å². The SMILES string of the molecule is CC1NCCCC12OC(=O)Nc1ccc(Cl)c(F)c12. The van der Waals surface area contributed by atoms with Gasteiger partial charge in [0.1, 0.15) is 0 Å². The number of halogens is 2. The summed E-state index contributed by atoms with van der Waals surface area (Å²) in [5, 5.41) is 5.81. The lowest BCUT2D eigenvalue weighted by atomic mass is 9.78. The van der Waals surface area contributed by atoms with Crippen molar-refractivity contribution in [1.29, 1.82) is 0 Å². The first-order valence-electron chi connectivity index (χ1n) is 6.26. The zero-order valence-corrected chi connectivity index (χ0v) is 11.2. The van der Waals surface area contributed by atoms with E-state index in [9.17, 15) is 9.18 Å². The van der Waals surface area contributed by atoms with E-state index in [1.807, 2.05) is 6.92 Å². The van der Waals surface area contributed by atoms with E-state index in [4.69, 9.17) is 16.3 Å². The van der Waals surface area contributed by atoms with E-state index in [2.05, 4.69) is 10.6 Å². The van der Waals surface area contributed by atoms with E-state index in [1.165, 1.54) is 6.07 Å². The highest BCUT2D eigenvalue weighted by atomic mass is 35.5. The Morgan fingerprint density at radius 3 is 3.05 bits per heavy atom. The van der Waals surface area contributed by atoms with Gasteiger partial charge >= 0.3 is 6.09 Å². The quantitative estimate of drug-likeness (QED) is 0.770. The van der Waals surface area contributed by atoms with Crippen molar-refractivity contribution < 1.29 is 13.9 Å². The molecule has 1 spiro atoms. The number of nitrogens with one attached hydrogen (secondary N) is 2. The number of piperidine rings is 1. The van der Waals surface area contributed by atoms with Crippen LogP contribution in [-0.4, -0.2) is 18.7 Å². The van der Waals surface area contributed by atoms with Crippen LogP contribution in [0, 0.1) is 5.82 Å². The zero-order chi connectivity index (χ0) is 13.6. The molecule has 0 bridgehead atoms. The number of carbonyl (C=O) groups is 1. The molecule has 2 aliphatic heterocycles. The van der Waals surface area contributed by atoms with Gasteiger partial charge in [-0.3, -0.25) is 5.32 Å². The highest BCUT2D eigenvalue weighted by molar-refractivity contribution is 6.31. The van der Waals surface area contributed by atoms with Gasteiger partial charge in [-0.15, -0.1) is 0 Å². The number of hydrogen-bond donors (Lipinski definition) is 2. The largest absolute Gasteiger partial charge is 0.436 e. The molecule has 0 aliphatic carbocycles. The van der Waals surface area contributed by atoms with Crippen LogP contribution in [0.1, 0.15) is 25.3 Å². The zero-order valence-electron chi connectivity index (χ0n) is 10.4. The fourth-order valence-electron chi connectivity index (χ4n) is 2.95. The van der Waals surface area contributed by atoms with E-state index in [0.717, 1.165) is 13.0 Å². The lowest BCUT2D eigenvalue weighted by Gasteiger charge is -2.45. The van der Waals surface area contributed by atoms with Crippen molar-refractivity contribution in [3.63, 3.8) is 0 Å². The summed E-state index contributed by atoms with van der Waals surface area (Å²) < 4.78 is 19.9.